The number of nitro benzene ring substituents is 1. The number of anilines is 1. The summed E-state index contributed by atoms with van der Waals surface area (Å²) in [6.45, 7) is 0. The van der Waals surface area contributed by atoms with Gasteiger partial charge in [-0.2, -0.15) is 5.10 Å². The van der Waals surface area contributed by atoms with Crippen LogP contribution in [0.25, 0.3) is 0 Å². The maximum atomic E-state index is 10.9. The molecule has 0 spiro atoms. The Morgan fingerprint density at radius 3 is 2.55 bits per heavy atom. The van der Waals surface area contributed by atoms with E-state index in [1.54, 1.807) is 56.8 Å². The molecule has 2 rings (SSSR count). The van der Waals surface area contributed by atoms with Gasteiger partial charge in [-0.15, -0.1) is 0 Å². The summed E-state index contributed by atoms with van der Waals surface area (Å²) in [6, 6.07) is 11.6. The highest BCUT2D eigenvalue weighted by atomic mass is 16.6. The van der Waals surface area contributed by atoms with Gasteiger partial charge in [0.05, 0.1) is 25.4 Å². The molecule has 2 aromatic rings. The smallest absolute Gasteiger partial charge is 0.294 e. The molecule has 0 radical (unpaired) electrons. The van der Waals surface area contributed by atoms with Crippen LogP contribution in [0.1, 0.15) is 5.56 Å². The maximum Gasteiger partial charge on any atom is 0.294 e. The summed E-state index contributed by atoms with van der Waals surface area (Å²) in [7, 11) is 3.10. The first-order valence-corrected chi connectivity index (χ1v) is 6.40. The van der Waals surface area contributed by atoms with Crippen LogP contribution in [0, 0.1) is 10.1 Å². The van der Waals surface area contributed by atoms with Gasteiger partial charge in [0.1, 0.15) is 5.69 Å². The van der Waals surface area contributed by atoms with Crippen LogP contribution in [0.5, 0.6) is 11.5 Å². The molecule has 0 aliphatic carbocycles. The van der Waals surface area contributed by atoms with Crippen LogP contribution < -0.4 is 14.9 Å². The maximum absolute atomic E-state index is 10.9. The molecule has 0 amide bonds. The molecule has 0 aromatic heterocycles. The highest BCUT2D eigenvalue weighted by molar-refractivity contribution is 5.81. The van der Waals surface area contributed by atoms with Gasteiger partial charge >= 0.3 is 0 Å². The SMILES string of the molecule is COc1ccc(/C=N\Nc2ccccc2[N+](=O)[O-])cc1OC. The summed E-state index contributed by atoms with van der Waals surface area (Å²) in [5.74, 6) is 1.20. The Labute approximate surface area is 127 Å². The zero-order valence-electron chi connectivity index (χ0n) is 12.1. The third-order valence-corrected chi connectivity index (χ3v) is 2.91. The molecular weight excluding hydrogens is 286 g/mol. The molecule has 0 atom stereocenters. The number of ether oxygens (including phenoxy) is 2. The molecule has 1 N–H and O–H groups in total. The fraction of sp³-hybridized carbons (Fsp3) is 0.133. The van der Waals surface area contributed by atoms with Gasteiger partial charge in [-0.25, -0.2) is 0 Å². The number of hydrazone groups is 1. The minimum Gasteiger partial charge on any atom is -0.493 e. The van der Waals surface area contributed by atoms with Crippen LogP contribution in [-0.2, 0) is 0 Å². The Bertz CT molecular complexity index is 701. The molecule has 114 valence electrons. The van der Waals surface area contributed by atoms with E-state index in [2.05, 4.69) is 10.5 Å². The van der Waals surface area contributed by atoms with Crippen LogP contribution in [0.3, 0.4) is 0 Å². The Morgan fingerprint density at radius 2 is 1.86 bits per heavy atom. The van der Waals surface area contributed by atoms with Gasteiger partial charge in [-0.1, -0.05) is 12.1 Å². The lowest BCUT2D eigenvalue weighted by molar-refractivity contribution is -0.384. The quantitative estimate of drug-likeness (QED) is 0.503. The molecule has 0 saturated carbocycles. The monoisotopic (exact) mass is 301 g/mol. The van der Waals surface area contributed by atoms with Crippen LogP contribution in [0.4, 0.5) is 11.4 Å². The van der Waals surface area contributed by atoms with E-state index < -0.39 is 4.92 Å². The molecule has 0 bridgehead atoms. The van der Waals surface area contributed by atoms with Crippen LogP contribution >= 0.6 is 0 Å². The summed E-state index contributed by atoms with van der Waals surface area (Å²) >= 11 is 0. The van der Waals surface area contributed by atoms with E-state index in [1.165, 1.54) is 6.07 Å². The molecule has 2 aromatic carbocycles. The molecule has 7 nitrogen and oxygen atoms in total. The first-order chi connectivity index (χ1) is 10.7. The molecule has 0 heterocycles. The highest BCUT2D eigenvalue weighted by Crippen LogP contribution is 2.27. The lowest BCUT2D eigenvalue weighted by Gasteiger charge is -2.07. The lowest BCUT2D eigenvalue weighted by Crippen LogP contribution is -1.97. The number of methoxy groups -OCH3 is 2. The van der Waals surface area contributed by atoms with E-state index in [-0.39, 0.29) is 5.69 Å². The zero-order valence-corrected chi connectivity index (χ0v) is 12.1. The topological polar surface area (TPSA) is 86.0 Å². The Hall–Kier alpha value is -3.09. The second-order valence-electron chi connectivity index (χ2n) is 4.26. The molecule has 0 aliphatic heterocycles. The van der Waals surface area contributed by atoms with Crippen molar-refractivity contribution in [2.45, 2.75) is 0 Å². The molecule has 7 heteroatoms. The zero-order chi connectivity index (χ0) is 15.9. The van der Waals surface area contributed by atoms with E-state index in [1.807, 2.05) is 0 Å². The van der Waals surface area contributed by atoms with Crippen molar-refractivity contribution in [2.24, 2.45) is 5.10 Å². The Morgan fingerprint density at radius 1 is 1.14 bits per heavy atom. The van der Waals surface area contributed by atoms with Crippen molar-refractivity contribution in [3.8, 4) is 11.5 Å². The van der Waals surface area contributed by atoms with Crippen molar-refractivity contribution in [1.29, 1.82) is 0 Å². The molecule has 0 fully saturated rings. The third kappa shape index (κ3) is 3.51. The number of rotatable bonds is 6. The number of nitrogens with one attached hydrogen (secondary N) is 1. The lowest BCUT2D eigenvalue weighted by atomic mass is 10.2. The van der Waals surface area contributed by atoms with Gasteiger partial charge in [0.2, 0.25) is 0 Å². The number of nitro groups is 1. The van der Waals surface area contributed by atoms with Crippen molar-refractivity contribution < 1.29 is 14.4 Å². The van der Waals surface area contributed by atoms with Crippen LogP contribution in [0.15, 0.2) is 47.6 Å². The van der Waals surface area contributed by atoms with Gasteiger partial charge in [-0.3, -0.25) is 15.5 Å². The molecule has 0 saturated heterocycles. The molecule has 0 unspecified atom stereocenters. The average Bonchev–Trinajstić information content (AvgIpc) is 2.55. The number of para-hydroxylation sites is 2. The van der Waals surface area contributed by atoms with Crippen molar-refractivity contribution in [2.75, 3.05) is 19.6 Å². The van der Waals surface area contributed by atoms with Crippen LogP contribution in [0.2, 0.25) is 0 Å². The summed E-state index contributed by atoms with van der Waals surface area (Å²) in [6.07, 6.45) is 1.54. The van der Waals surface area contributed by atoms with E-state index in [0.717, 1.165) is 5.56 Å². The predicted molar refractivity (Wildman–Crippen MR) is 83.9 cm³/mol. The second kappa shape index (κ2) is 7.07. The molecule has 22 heavy (non-hydrogen) atoms. The minimum absolute atomic E-state index is 0.0352. The minimum atomic E-state index is -0.464. The number of hydrogen-bond acceptors (Lipinski definition) is 6. The molecule has 0 aliphatic rings. The van der Waals surface area contributed by atoms with Crippen molar-refractivity contribution in [3.63, 3.8) is 0 Å². The third-order valence-electron chi connectivity index (χ3n) is 2.91. The molecular formula is C15H15N3O4. The number of hydrogen-bond donors (Lipinski definition) is 1. The standard InChI is InChI=1S/C15H15N3O4/c1-21-14-8-7-11(9-15(14)22-2)10-16-17-12-5-3-4-6-13(12)18(19)20/h3-10,17H,1-2H3/b16-10-. The summed E-state index contributed by atoms with van der Waals surface area (Å²) in [4.78, 5) is 10.4. The fourth-order valence-corrected chi connectivity index (χ4v) is 1.84. The second-order valence-corrected chi connectivity index (χ2v) is 4.26. The van der Waals surface area contributed by atoms with E-state index >= 15 is 0 Å². The van der Waals surface area contributed by atoms with Gasteiger partial charge in [0.25, 0.3) is 5.69 Å². The van der Waals surface area contributed by atoms with Crippen molar-refractivity contribution >= 4 is 17.6 Å². The average molecular weight is 301 g/mol. The van der Waals surface area contributed by atoms with Gasteiger partial charge in [0, 0.05) is 6.07 Å². The Kier molecular flexibility index (Phi) is 4.92. The summed E-state index contributed by atoms with van der Waals surface area (Å²) in [5.41, 5.74) is 3.72. The van der Waals surface area contributed by atoms with Crippen molar-refractivity contribution in [3.05, 3.63) is 58.1 Å². The first kappa shape index (κ1) is 15.3. The van der Waals surface area contributed by atoms with Gasteiger partial charge < -0.3 is 9.47 Å². The van der Waals surface area contributed by atoms with Crippen LogP contribution in [-0.4, -0.2) is 25.4 Å². The summed E-state index contributed by atoms with van der Waals surface area (Å²) in [5, 5.41) is 14.9. The van der Waals surface area contributed by atoms with E-state index in [4.69, 9.17) is 9.47 Å². The van der Waals surface area contributed by atoms with E-state index in [0.29, 0.717) is 17.2 Å². The highest BCUT2D eigenvalue weighted by Gasteiger charge is 2.11. The number of nitrogens with zero attached hydrogens (tertiary/aromatic N) is 2. The normalized spacial score (nSPS) is 10.5. The Balaban J connectivity index is 2.15. The largest absolute Gasteiger partial charge is 0.493 e. The van der Waals surface area contributed by atoms with Gasteiger partial charge in [-0.05, 0) is 29.8 Å². The van der Waals surface area contributed by atoms with Gasteiger partial charge in [0.15, 0.2) is 11.5 Å². The van der Waals surface area contributed by atoms with Crippen molar-refractivity contribution in [1.82, 2.24) is 0 Å². The number of benzene rings is 2. The predicted octanol–water partition coefficient (Wildman–Crippen LogP) is 3.06. The summed E-state index contributed by atoms with van der Waals surface area (Å²) < 4.78 is 10.3. The fourth-order valence-electron chi connectivity index (χ4n) is 1.84. The van der Waals surface area contributed by atoms with E-state index in [9.17, 15) is 10.1 Å². The first-order valence-electron chi connectivity index (χ1n) is 6.40.